The van der Waals surface area contributed by atoms with Gasteiger partial charge in [0.2, 0.25) is 0 Å². The lowest BCUT2D eigenvalue weighted by molar-refractivity contribution is 0.269. The van der Waals surface area contributed by atoms with Crippen LogP contribution in [0.4, 0.5) is 0 Å². The van der Waals surface area contributed by atoms with Gasteiger partial charge in [0.15, 0.2) is 0 Å². The van der Waals surface area contributed by atoms with Gasteiger partial charge in [-0.25, -0.2) is 0 Å². The zero-order valence-electron chi connectivity index (χ0n) is 18.4. The van der Waals surface area contributed by atoms with E-state index in [0.29, 0.717) is 5.75 Å². The van der Waals surface area contributed by atoms with Gasteiger partial charge in [0.25, 0.3) is 0 Å². The molecule has 1 aliphatic rings. The van der Waals surface area contributed by atoms with Gasteiger partial charge in [-0.3, -0.25) is 0 Å². The predicted molar refractivity (Wildman–Crippen MR) is 132 cm³/mol. The zero-order chi connectivity index (χ0) is 23.2. The topological polar surface area (TPSA) is 69.9 Å². The predicted octanol–water partition coefficient (Wildman–Crippen LogP) is 6.78. The molecule has 0 spiro atoms. The molecule has 0 saturated carbocycles. The Hall–Kier alpha value is -4.18. The van der Waals surface area contributed by atoms with Gasteiger partial charge in [-0.1, -0.05) is 67.6 Å². The van der Waals surface area contributed by atoms with E-state index in [0.717, 1.165) is 39.8 Å². The number of hydrogen-bond acceptors (Lipinski definition) is 4. The lowest BCUT2D eigenvalue weighted by atomic mass is 9.88. The number of aromatic hydroxyl groups is 2. The van der Waals surface area contributed by atoms with Gasteiger partial charge in [0.05, 0.1) is 0 Å². The lowest BCUT2D eigenvalue weighted by Gasteiger charge is -2.17. The number of benzene rings is 3. The second-order valence-electron chi connectivity index (χ2n) is 7.73. The summed E-state index contributed by atoms with van der Waals surface area (Å²) in [6.07, 6.45) is 8.20. The van der Waals surface area contributed by atoms with Crippen molar-refractivity contribution >= 4 is 11.1 Å². The second-order valence-corrected chi connectivity index (χ2v) is 7.73. The zero-order valence-corrected chi connectivity index (χ0v) is 18.4. The van der Waals surface area contributed by atoms with Crippen molar-refractivity contribution < 1.29 is 20.1 Å². The number of phenols is 2. The van der Waals surface area contributed by atoms with Crippen LogP contribution in [0.3, 0.4) is 0 Å². The van der Waals surface area contributed by atoms with Crippen molar-refractivity contribution in [3.63, 3.8) is 0 Å². The van der Waals surface area contributed by atoms with Gasteiger partial charge in [0.1, 0.15) is 29.6 Å². The molecule has 4 rings (SSSR count). The molecular formula is C29H26O4. The Labute approximate surface area is 193 Å². The van der Waals surface area contributed by atoms with E-state index in [1.165, 1.54) is 0 Å². The van der Waals surface area contributed by atoms with Crippen LogP contribution >= 0.6 is 0 Å². The molecule has 0 aliphatic heterocycles. The van der Waals surface area contributed by atoms with Crippen molar-refractivity contribution in [1.82, 2.24) is 0 Å². The van der Waals surface area contributed by atoms with Gasteiger partial charge >= 0.3 is 0 Å². The first-order valence-corrected chi connectivity index (χ1v) is 10.9. The Morgan fingerprint density at radius 2 is 1.18 bits per heavy atom. The van der Waals surface area contributed by atoms with E-state index >= 15 is 0 Å². The molecule has 0 atom stereocenters. The normalized spacial score (nSPS) is 13.2. The van der Waals surface area contributed by atoms with E-state index in [1.807, 2.05) is 72.8 Å². The first-order valence-electron chi connectivity index (χ1n) is 10.9. The maximum atomic E-state index is 10.2. The Bertz CT molecular complexity index is 1210. The fourth-order valence-corrected chi connectivity index (χ4v) is 3.85. The van der Waals surface area contributed by atoms with E-state index in [2.05, 4.69) is 6.92 Å². The van der Waals surface area contributed by atoms with Gasteiger partial charge in [0, 0.05) is 5.57 Å². The van der Waals surface area contributed by atoms with Crippen LogP contribution < -0.4 is 4.74 Å². The van der Waals surface area contributed by atoms with E-state index in [-0.39, 0.29) is 23.9 Å². The summed E-state index contributed by atoms with van der Waals surface area (Å²) in [6.45, 7) is 2.19. The van der Waals surface area contributed by atoms with Crippen LogP contribution in [0.15, 0.2) is 108 Å². The molecule has 33 heavy (non-hydrogen) atoms. The Morgan fingerprint density at radius 3 is 1.70 bits per heavy atom. The summed E-state index contributed by atoms with van der Waals surface area (Å²) in [5, 5.41) is 29.7. The molecule has 0 heterocycles. The summed E-state index contributed by atoms with van der Waals surface area (Å²) in [4.78, 5) is 0. The van der Waals surface area contributed by atoms with Crippen molar-refractivity contribution in [1.29, 1.82) is 0 Å². The number of aliphatic hydroxyl groups is 1. The fraction of sp³-hybridized carbons (Fsp3) is 0.103. The highest BCUT2D eigenvalue weighted by Crippen LogP contribution is 2.36. The van der Waals surface area contributed by atoms with E-state index in [4.69, 9.17) is 4.74 Å². The van der Waals surface area contributed by atoms with Crippen LogP contribution in [0.2, 0.25) is 0 Å². The molecular weight excluding hydrogens is 412 g/mol. The minimum atomic E-state index is 0.0950. The molecule has 4 nitrogen and oxygen atoms in total. The smallest absolute Gasteiger partial charge is 0.146 e. The summed E-state index contributed by atoms with van der Waals surface area (Å²) < 4.78 is 5.77. The van der Waals surface area contributed by atoms with Crippen LogP contribution in [0.25, 0.3) is 11.1 Å². The summed E-state index contributed by atoms with van der Waals surface area (Å²) >= 11 is 0. The van der Waals surface area contributed by atoms with E-state index < -0.39 is 0 Å². The number of allylic oxidation sites excluding steroid dienone is 6. The third-order valence-electron chi connectivity index (χ3n) is 5.54. The average molecular weight is 439 g/mol. The van der Waals surface area contributed by atoms with Gasteiger partial charge < -0.3 is 20.1 Å². The SMILES string of the molecule is CC/C(=C(/c1ccc(O)cc1)c1ccc(OCC(O)=C2C=CC=C2)cc1)c1ccc(O)cc1. The van der Waals surface area contributed by atoms with Crippen LogP contribution in [0.1, 0.15) is 30.0 Å². The molecule has 1 aliphatic carbocycles. The Morgan fingerprint density at radius 1 is 0.697 bits per heavy atom. The van der Waals surface area contributed by atoms with Crippen molar-refractivity contribution in [2.24, 2.45) is 0 Å². The second kappa shape index (κ2) is 9.96. The van der Waals surface area contributed by atoms with Crippen molar-refractivity contribution in [2.75, 3.05) is 6.61 Å². The van der Waals surface area contributed by atoms with Crippen LogP contribution in [0.5, 0.6) is 17.2 Å². The molecule has 166 valence electrons. The monoisotopic (exact) mass is 438 g/mol. The largest absolute Gasteiger partial charge is 0.508 e. The molecule has 3 aromatic rings. The van der Waals surface area contributed by atoms with Crippen LogP contribution in [0, 0.1) is 0 Å². The molecule has 3 N–H and O–H groups in total. The summed E-state index contributed by atoms with van der Waals surface area (Å²) in [5.41, 5.74) is 5.92. The standard InChI is InChI=1S/C29H26O4/c1-2-27(20-7-13-24(30)14-8-20)29(22-9-15-25(31)16-10-22)23-11-17-26(18-12-23)33-19-28(32)21-5-3-4-6-21/h3-18,30-32H,2,19H2,1H3/b29-27+. The first kappa shape index (κ1) is 22.0. The van der Waals surface area contributed by atoms with Gasteiger partial charge in [-0.05, 0) is 70.7 Å². The molecule has 0 unspecified atom stereocenters. The highest BCUT2D eigenvalue weighted by Gasteiger charge is 2.14. The van der Waals surface area contributed by atoms with E-state index in [9.17, 15) is 15.3 Å². The quantitative estimate of drug-likeness (QED) is 0.281. The molecule has 0 fully saturated rings. The lowest BCUT2D eigenvalue weighted by Crippen LogP contribution is -2.02. The Balaban J connectivity index is 1.69. The Kier molecular flexibility index (Phi) is 6.65. The maximum absolute atomic E-state index is 10.2. The highest BCUT2D eigenvalue weighted by atomic mass is 16.5. The average Bonchev–Trinajstić information content (AvgIpc) is 3.38. The molecule has 0 radical (unpaired) electrons. The summed E-state index contributed by atoms with van der Waals surface area (Å²) in [7, 11) is 0. The third kappa shape index (κ3) is 5.18. The molecule has 3 aromatic carbocycles. The van der Waals surface area contributed by atoms with Crippen molar-refractivity contribution in [3.05, 3.63) is 125 Å². The van der Waals surface area contributed by atoms with Crippen molar-refractivity contribution in [2.45, 2.75) is 13.3 Å². The van der Waals surface area contributed by atoms with Crippen LogP contribution in [-0.4, -0.2) is 21.9 Å². The highest BCUT2D eigenvalue weighted by molar-refractivity contribution is 5.98. The third-order valence-corrected chi connectivity index (χ3v) is 5.54. The number of hydrogen-bond donors (Lipinski definition) is 3. The summed E-state index contributed by atoms with van der Waals surface area (Å²) in [6, 6.07) is 22.1. The van der Waals surface area contributed by atoms with Crippen LogP contribution in [-0.2, 0) is 0 Å². The molecule has 0 amide bonds. The minimum Gasteiger partial charge on any atom is -0.508 e. The number of aliphatic hydroxyl groups excluding tert-OH is 1. The molecule has 0 saturated heterocycles. The number of phenolic OH excluding ortho intramolecular Hbond substituents is 2. The van der Waals surface area contributed by atoms with Crippen molar-refractivity contribution in [3.8, 4) is 17.2 Å². The molecule has 4 heteroatoms. The van der Waals surface area contributed by atoms with Gasteiger partial charge in [-0.2, -0.15) is 0 Å². The van der Waals surface area contributed by atoms with Gasteiger partial charge in [-0.15, -0.1) is 0 Å². The number of ether oxygens (including phenoxy) is 1. The summed E-state index contributed by atoms with van der Waals surface area (Å²) in [5.74, 6) is 1.29. The first-order chi connectivity index (χ1) is 16.0. The molecule has 0 bridgehead atoms. The molecule has 0 aromatic heterocycles. The number of rotatable bonds is 7. The maximum Gasteiger partial charge on any atom is 0.146 e. The minimum absolute atomic E-state index is 0.0950. The van der Waals surface area contributed by atoms with E-state index in [1.54, 1.807) is 24.3 Å². The fourth-order valence-electron chi connectivity index (χ4n) is 3.85.